The fourth-order valence-corrected chi connectivity index (χ4v) is 6.16. The standard InChI is InChI=1S/C28H31NO6S2/c1-5-32-27(33-6-2)21-16-14-19(36-21)23-24(20-15-17-22(37-20)28(34-7-3)35-8-4)26(31)29(25(23)30)18-12-10-9-11-13-18/h9-17,27-28H,5-8H2,1-4H3. The molecule has 0 unspecified atom stereocenters. The van der Waals surface area contributed by atoms with Crippen molar-refractivity contribution in [3.05, 3.63) is 74.1 Å². The molecule has 1 aliphatic rings. The first-order valence-electron chi connectivity index (χ1n) is 12.4. The fourth-order valence-electron chi connectivity index (χ4n) is 4.06. The smallest absolute Gasteiger partial charge is 0.267 e. The third-order valence-corrected chi connectivity index (χ3v) is 7.83. The number of imide groups is 1. The summed E-state index contributed by atoms with van der Waals surface area (Å²) in [5.41, 5.74) is 1.27. The first kappa shape index (κ1) is 27.4. The van der Waals surface area contributed by atoms with Crippen LogP contribution in [0.4, 0.5) is 5.69 Å². The summed E-state index contributed by atoms with van der Waals surface area (Å²) >= 11 is 2.79. The highest BCUT2D eigenvalue weighted by atomic mass is 32.1. The molecule has 9 heteroatoms. The minimum Gasteiger partial charge on any atom is -0.348 e. The molecule has 1 aliphatic heterocycles. The highest BCUT2D eigenvalue weighted by molar-refractivity contribution is 7.15. The number of thiophene rings is 2. The zero-order valence-electron chi connectivity index (χ0n) is 21.4. The fraction of sp³-hybridized carbons (Fsp3) is 0.357. The molecular formula is C28H31NO6S2. The molecule has 4 rings (SSSR count). The molecule has 0 atom stereocenters. The maximum atomic E-state index is 13.8. The van der Waals surface area contributed by atoms with E-state index in [2.05, 4.69) is 0 Å². The summed E-state index contributed by atoms with van der Waals surface area (Å²) in [4.78, 5) is 31.9. The van der Waals surface area contributed by atoms with E-state index in [-0.39, 0.29) is 11.8 Å². The van der Waals surface area contributed by atoms with E-state index in [9.17, 15) is 9.59 Å². The molecule has 0 saturated carbocycles. The Morgan fingerprint density at radius 3 is 1.41 bits per heavy atom. The number of anilines is 1. The number of amides is 2. The van der Waals surface area contributed by atoms with Crippen LogP contribution in [0.15, 0.2) is 54.6 Å². The predicted octanol–water partition coefficient (Wildman–Crippen LogP) is 6.44. The Balaban J connectivity index is 1.80. The Hall–Kier alpha value is -2.66. The number of ether oxygens (including phenoxy) is 4. The lowest BCUT2D eigenvalue weighted by Crippen LogP contribution is -2.31. The van der Waals surface area contributed by atoms with Gasteiger partial charge in [0.1, 0.15) is 0 Å². The van der Waals surface area contributed by atoms with E-state index in [0.29, 0.717) is 53.0 Å². The second-order valence-corrected chi connectivity index (χ2v) is 10.2. The van der Waals surface area contributed by atoms with Gasteiger partial charge in [-0.25, -0.2) is 4.90 Å². The molecule has 3 aromatic rings. The Labute approximate surface area is 225 Å². The van der Waals surface area contributed by atoms with E-state index in [1.165, 1.54) is 27.6 Å². The number of hydrogen-bond acceptors (Lipinski definition) is 8. The first-order chi connectivity index (χ1) is 18.0. The van der Waals surface area contributed by atoms with Crippen molar-refractivity contribution in [2.24, 2.45) is 0 Å². The Kier molecular flexibility index (Phi) is 9.42. The van der Waals surface area contributed by atoms with Crippen molar-refractivity contribution in [2.75, 3.05) is 31.3 Å². The van der Waals surface area contributed by atoms with Gasteiger partial charge in [0.25, 0.3) is 11.8 Å². The molecule has 7 nitrogen and oxygen atoms in total. The molecule has 2 amide bonds. The molecule has 0 aliphatic carbocycles. The molecule has 0 spiro atoms. The Morgan fingerprint density at radius 1 is 0.622 bits per heavy atom. The Morgan fingerprint density at radius 2 is 1.03 bits per heavy atom. The van der Waals surface area contributed by atoms with Crippen LogP contribution in [0.3, 0.4) is 0 Å². The number of carbonyl (C=O) groups is 2. The van der Waals surface area contributed by atoms with Crippen LogP contribution in [0.1, 0.15) is 59.8 Å². The third-order valence-electron chi connectivity index (χ3n) is 5.58. The summed E-state index contributed by atoms with van der Waals surface area (Å²) in [5, 5.41) is 0. The maximum Gasteiger partial charge on any atom is 0.267 e. The number of hydrogen-bond donors (Lipinski definition) is 0. The third kappa shape index (κ3) is 5.77. The topological polar surface area (TPSA) is 74.3 Å². The Bertz CT molecular complexity index is 1160. The highest BCUT2D eigenvalue weighted by Crippen LogP contribution is 2.44. The molecular weight excluding hydrogens is 510 g/mol. The van der Waals surface area contributed by atoms with Crippen molar-refractivity contribution in [2.45, 2.75) is 40.3 Å². The van der Waals surface area contributed by atoms with Crippen molar-refractivity contribution in [1.29, 1.82) is 0 Å². The number of benzene rings is 1. The monoisotopic (exact) mass is 541 g/mol. The van der Waals surface area contributed by atoms with E-state index in [1.54, 1.807) is 12.1 Å². The van der Waals surface area contributed by atoms with E-state index in [1.807, 2.05) is 70.2 Å². The van der Waals surface area contributed by atoms with Gasteiger partial charge in [-0.05, 0) is 64.1 Å². The lowest BCUT2D eigenvalue weighted by Gasteiger charge is -2.15. The molecule has 3 heterocycles. The van der Waals surface area contributed by atoms with Crippen LogP contribution < -0.4 is 4.90 Å². The first-order valence-corrected chi connectivity index (χ1v) is 14.0. The van der Waals surface area contributed by atoms with Crippen molar-refractivity contribution in [1.82, 2.24) is 0 Å². The summed E-state index contributed by atoms with van der Waals surface area (Å²) in [5.74, 6) is -0.713. The number of nitrogens with zero attached hydrogens (tertiary/aromatic N) is 1. The number of para-hydroxylation sites is 1. The lowest BCUT2D eigenvalue weighted by molar-refractivity contribution is -0.138. The van der Waals surface area contributed by atoms with Gasteiger partial charge in [0.2, 0.25) is 0 Å². The van der Waals surface area contributed by atoms with E-state index >= 15 is 0 Å². The SMILES string of the molecule is CCOC(OCC)c1ccc(C2=C(c3ccc(C(OCC)OCC)s3)C(=O)N(c3ccccc3)C2=O)s1. The minimum absolute atomic E-state index is 0.356. The van der Waals surface area contributed by atoms with Gasteiger partial charge in [-0.2, -0.15) is 0 Å². The van der Waals surface area contributed by atoms with E-state index in [0.717, 1.165) is 9.75 Å². The van der Waals surface area contributed by atoms with Gasteiger partial charge >= 0.3 is 0 Å². The molecule has 0 radical (unpaired) electrons. The summed E-state index contributed by atoms with van der Waals surface area (Å²) in [6, 6.07) is 16.5. The van der Waals surface area contributed by atoms with Gasteiger partial charge in [-0.15, -0.1) is 22.7 Å². The van der Waals surface area contributed by atoms with Crippen LogP contribution in [0.5, 0.6) is 0 Å². The van der Waals surface area contributed by atoms with Crippen LogP contribution in [-0.2, 0) is 28.5 Å². The zero-order chi connectivity index (χ0) is 26.4. The van der Waals surface area contributed by atoms with Gasteiger partial charge in [0.15, 0.2) is 12.6 Å². The van der Waals surface area contributed by atoms with Crippen LogP contribution in [0, 0.1) is 0 Å². The number of rotatable bonds is 13. The summed E-state index contributed by atoms with van der Waals surface area (Å²) in [6.45, 7) is 9.59. The van der Waals surface area contributed by atoms with Gasteiger partial charge in [0.05, 0.1) is 26.6 Å². The zero-order valence-corrected chi connectivity index (χ0v) is 23.0. The van der Waals surface area contributed by atoms with E-state index in [4.69, 9.17) is 18.9 Å². The molecule has 1 aromatic carbocycles. The van der Waals surface area contributed by atoms with Gasteiger partial charge in [-0.3, -0.25) is 9.59 Å². The average Bonchev–Trinajstić information content (AvgIpc) is 3.62. The summed E-state index contributed by atoms with van der Waals surface area (Å²) < 4.78 is 23.0. The van der Waals surface area contributed by atoms with Crippen molar-refractivity contribution in [3.63, 3.8) is 0 Å². The van der Waals surface area contributed by atoms with Crippen LogP contribution in [-0.4, -0.2) is 38.2 Å². The van der Waals surface area contributed by atoms with Gasteiger partial charge in [0, 0.05) is 36.2 Å². The molecule has 0 saturated heterocycles. The van der Waals surface area contributed by atoms with Gasteiger partial charge in [-0.1, -0.05) is 18.2 Å². The lowest BCUT2D eigenvalue weighted by atomic mass is 10.1. The largest absolute Gasteiger partial charge is 0.348 e. The van der Waals surface area contributed by atoms with Crippen LogP contribution >= 0.6 is 22.7 Å². The molecule has 0 bridgehead atoms. The van der Waals surface area contributed by atoms with Crippen LogP contribution in [0.2, 0.25) is 0 Å². The summed E-state index contributed by atoms with van der Waals surface area (Å²) in [6.07, 6.45) is -1.05. The van der Waals surface area contributed by atoms with Crippen molar-refractivity contribution in [3.8, 4) is 0 Å². The number of carbonyl (C=O) groups excluding carboxylic acids is 2. The quantitative estimate of drug-likeness (QED) is 0.183. The highest BCUT2D eigenvalue weighted by Gasteiger charge is 2.42. The van der Waals surface area contributed by atoms with Crippen molar-refractivity contribution < 1.29 is 28.5 Å². The average molecular weight is 542 g/mol. The molecule has 0 N–H and O–H groups in total. The maximum absolute atomic E-state index is 13.8. The van der Waals surface area contributed by atoms with E-state index < -0.39 is 12.6 Å². The molecule has 0 fully saturated rings. The molecule has 196 valence electrons. The molecule has 37 heavy (non-hydrogen) atoms. The second kappa shape index (κ2) is 12.7. The van der Waals surface area contributed by atoms with Crippen LogP contribution in [0.25, 0.3) is 11.1 Å². The van der Waals surface area contributed by atoms with Gasteiger partial charge < -0.3 is 18.9 Å². The normalized spacial score (nSPS) is 14.2. The minimum atomic E-state index is -0.526. The summed E-state index contributed by atoms with van der Waals surface area (Å²) in [7, 11) is 0. The predicted molar refractivity (Wildman–Crippen MR) is 146 cm³/mol. The molecule has 2 aromatic heterocycles. The second-order valence-electron chi connectivity index (χ2n) is 7.92. The van der Waals surface area contributed by atoms with Crippen molar-refractivity contribution >= 4 is 51.3 Å².